The number of amides is 1. The number of imidazole rings is 1. The van der Waals surface area contributed by atoms with Gasteiger partial charge in [-0.1, -0.05) is 37.8 Å². The van der Waals surface area contributed by atoms with Gasteiger partial charge in [0.15, 0.2) is 0 Å². The number of benzene rings is 1. The highest BCUT2D eigenvalue weighted by atomic mass is 28.3. The Balaban J connectivity index is 2.42. The van der Waals surface area contributed by atoms with Crippen molar-refractivity contribution in [1.29, 1.82) is 0 Å². The number of alkyl carbamates (subject to hydrolysis) is 1. The molecule has 2 rings (SSSR count). The molecule has 0 bridgehead atoms. The molecule has 0 aliphatic carbocycles. The zero-order valence-electron chi connectivity index (χ0n) is 21.0. The van der Waals surface area contributed by atoms with E-state index in [2.05, 4.69) is 36.5 Å². The highest BCUT2D eigenvalue weighted by Gasteiger charge is 2.26. The van der Waals surface area contributed by atoms with E-state index in [1.807, 2.05) is 0 Å². The molecule has 1 aromatic heterocycles. The lowest BCUT2D eigenvalue weighted by molar-refractivity contribution is -0.384. The number of nitrogens with one attached hydrogen (secondary N) is 1. The lowest BCUT2D eigenvalue weighted by Crippen LogP contribution is -2.36. The van der Waals surface area contributed by atoms with Crippen molar-refractivity contribution in [3.63, 3.8) is 0 Å². The van der Waals surface area contributed by atoms with Gasteiger partial charge in [0, 0.05) is 26.9 Å². The fraction of sp³-hybridized carbons (Fsp3) is 0.500. The number of carbonyl (C=O) groups is 1. The molecule has 34 heavy (non-hydrogen) atoms. The van der Waals surface area contributed by atoms with Gasteiger partial charge in [0.25, 0.3) is 5.69 Å². The molecule has 1 heterocycles. The van der Waals surface area contributed by atoms with Crippen LogP contribution in [0.15, 0.2) is 43.1 Å². The van der Waals surface area contributed by atoms with E-state index in [4.69, 9.17) is 9.47 Å². The molecule has 0 spiro atoms. The molecule has 0 aliphatic heterocycles. The monoisotopic (exact) mass is 488 g/mol. The third kappa shape index (κ3) is 8.42. The Hall–Kier alpha value is -2.98. The summed E-state index contributed by atoms with van der Waals surface area (Å²) in [5.74, 6) is 0.506. The molecule has 1 amide bonds. The smallest absolute Gasteiger partial charge is 0.408 e. The van der Waals surface area contributed by atoms with Gasteiger partial charge in [-0.25, -0.2) is 9.78 Å². The highest BCUT2D eigenvalue weighted by Crippen LogP contribution is 2.31. The van der Waals surface area contributed by atoms with Gasteiger partial charge in [-0.05, 0) is 39.3 Å². The Morgan fingerprint density at radius 2 is 2.00 bits per heavy atom. The van der Waals surface area contributed by atoms with Crippen LogP contribution in [0.4, 0.5) is 10.5 Å². The van der Waals surface area contributed by atoms with Crippen molar-refractivity contribution in [3.8, 4) is 11.3 Å². The molecule has 186 valence electrons. The first-order valence-corrected chi connectivity index (χ1v) is 15.0. The van der Waals surface area contributed by atoms with E-state index in [0.717, 1.165) is 6.04 Å². The summed E-state index contributed by atoms with van der Waals surface area (Å²) in [6.45, 7) is 16.8. The van der Waals surface area contributed by atoms with E-state index in [1.54, 1.807) is 55.8 Å². The molecule has 0 unspecified atom stereocenters. The van der Waals surface area contributed by atoms with Gasteiger partial charge in [0.1, 0.15) is 18.2 Å². The number of aromatic nitrogens is 2. The normalized spacial score (nSPS) is 12.8. The van der Waals surface area contributed by atoms with E-state index >= 15 is 0 Å². The van der Waals surface area contributed by atoms with Crippen LogP contribution in [0.3, 0.4) is 0 Å². The Kier molecular flexibility index (Phi) is 9.17. The van der Waals surface area contributed by atoms with Gasteiger partial charge in [0.05, 0.1) is 22.2 Å². The van der Waals surface area contributed by atoms with Crippen molar-refractivity contribution in [1.82, 2.24) is 14.9 Å². The summed E-state index contributed by atoms with van der Waals surface area (Å²) in [4.78, 5) is 28.3. The van der Waals surface area contributed by atoms with Crippen molar-refractivity contribution in [2.45, 2.75) is 71.3 Å². The van der Waals surface area contributed by atoms with E-state index in [1.165, 1.54) is 6.07 Å². The molecule has 0 radical (unpaired) electrons. The quantitative estimate of drug-likeness (QED) is 0.138. The minimum Gasteiger partial charge on any atom is -0.444 e. The summed E-state index contributed by atoms with van der Waals surface area (Å²) in [7, 11) is -1.27. The van der Waals surface area contributed by atoms with Crippen LogP contribution in [0.5, 0.6) is 0 Å². The zero-order chi connectivity index (χ0) is 25.5. The number of para-hydroxylation sites is 1. The molecule has 1 N–H and O–H groups in total. The van der Waals surface area contributed by atoms with Crippen LogP contribution in [0.2, 0.25) is 25.7 Å². The minimum atomic E-state index is -1.27. The lowest BCUT2D eigenvalue weighted by Gasteiger charge is -2.23. The average Bonchev–Trinajstić information content (AvgIpc) is 3.13. The van der Waals surface area contributed by atoms with Crippen LogP contribution in [0.1, 0.15) is 39.1 Å². The maximum absolute atomic E-state index is 12.5. The Morgan fingerprint density at radius 3 is 2.59 bits per heavy atom. The van der Waals surface area contributed by atoms with Gasteiger partial charge in [-0.2, -0.15) is 0 Å². The number of carbonyl (C=O) groups excluding carboxylic acids is 1. The van der Waals surface area contributed by atoms with Crippen LogP contribution in [-0.2, 0) is 16.2 Å². The summed E-state index contributed by atoms with van der Waals surface area (Å²) in [6.07, 6.45) is 3.21. The Labute approximate surface area is 202 Å². The molecule has 0 fully saturated rings. The van der Waals surface area contributed by atoms with Crippen LogP contribution in [0.25, 0.3) is 11.3 Å². The van der Waals surface area contributed by atoms with Gasteiger partial charge in [-0.15, -0.1) is 6.58 Å². The third-order valence-corrected chi connectivity index (χ3v) is 6.52. The number of hydrogen-bond donors (Lipinski definition) is 1. The number of nitro benzene ring substituents is 1. The maximum Gasteiger partial charge on any atom is 0.408 e. The van der Waals surface area contributed by atoms with Crippen molar-refractivity contribution in [2.24, 2.45) is 0 Å². The van der Waals surface area contributed by atoms with Crippen LogP contribution < -0.4 is 5.32 Å². The van der Waals surface area contributed by atoms with Crippen molar-refractivity contribution < 1.29 is 19.2 Å². The second-order valence-electron chi connectivity index (χ2n) is 10.3. The average molecular weight is 489 g/mol. The predicted octanol–water partition coefficient (Wildman–Crippen LogP) is 5.91. The first-order valence-electron chi connectivity index (χ1n) is 11.3. The largest absolute Gasteiger partial charge is 0.444 e. The SMILES string of the molecule is C=CC[C@H](NC(=O)OC(C)(C)C)c1nc(-c2ccccc2[N+](=O)[O-])cn1COCC[Si](C)(C)C. The first-order chi connectivity index (χ1) is 15.8. The van der Waals surface area contributed by atoms with E-state index in [9.17, 15) is 14.9 Å². The standard InChI is InChI=1S/C24H36N4O5Si/c1-8-11-19(26-23(29)33-24(2,3)4)22-25-20(18-12-9-10-13-21(18)28(30)31)16-27(22)17-32-14-15-34(5,6)7/h8-10,12-13,16,19H,1,11,14-15,17H2,2-7H3,(H,26,29)/t19-/m0/s1. The second-order valence-corrected chi connectivity index (χ2v) is 15.9. The number of nitrogens with zero attached hydrogens (tertiary/aromatic N) is 3. The summed E-state index contributed by atoms with van der Waals surface area (Å²) in [6, 6.07) is 6.89. The van der Waals surface area contributed by atoms with Crippen LogP contribution in [-0.4, -0.2) is 40.8 Å². The molecule has 2 aromatic rings. The van der Waals surface area contributed by atoms with Crippen molar-refractivity contribution in [3.05, 3.63) is 59.1 Å². The third-order valence-electron chi connectivity index (χ3n) is 4.82. The topological polar surface area (TPSA) is 109 Å². The van der Waals surface area contributed by atoms with Crippen LogP contribution >= 0.6 is 0 Å². The van der Waals surface area contributed by atoms with Gasteiger partial charge < -0.3 is 19.4 Å². The molecule has 0 aliphatic rings. The van der Waals surface area contributed by atoms with Gasteiger partial charge in [-0.3, -0.25) is 10.1 Å². The summed E-state index contributed by atoms with van der Waals surface area (Å²) in [5, 5.41) is 14.4. The molecule has 0 saturated heterocycles. The zero-order valence-corrected chi connectivity index (χ0v) is 22.0. The number of nitro groups is 1. The summed E-state index contributed by atoms with van der Waals surface area (Å²) in [5.41, 5.74) is 0.118. The fourth-order valence-corrected chi connectivity index (χ4v) is 3.93. The Morgan fingerprint density at radius 1 is 1.32 bits per heavy atom. The van der Waals surface area contributed by atoms with E-state index < -0.39 is 30.7 Å². The number of ether oxygens (including phenoxy) is 2. The molecule has 9 nitrogen and oxygen atoms in total. The summed E-state index contributed by atoms with van der Waals surface area (Å²) >= 11 is 0. The lowest BCUT2D eigenvalue weighted by atomic mass is 10.1. The molecule has 1 atom stereocenters. The number of rotatable bonds is 11. The van der Waals surface area contributed by atoms with E-state index in [-0.39, 0.29) is 12.4 Å². The second kappa shape index (κ2) is 11.4. The first kappa shape index (κ1) is 27.3. The van der Waals surface area contributed by atoms with Crippen molar-refractivity contribution >= 4 is 19.9 Å². The summed E-state index contributed by atoms with van der Waals surface area (Å²) < 4.78 is 13.1. The molecular weight excluding hydrogens is 452 g/mol. The highest BCUT2D eigenvalue weighted by molar-refractivity contribution is 6.76. The molecular formula is C24H36N4O5Si. The van der Waals surface area contributed by atoms with E-state index in [0.29, 0.717) is 30.1 Å². The van der Waals surface area contributed by atoms with Gasteiger partial charge >= 0.3 is 6.09 Å². The maximum atomic E-state index is 12.5. The fourth-order valence-electron chi connectivity index (χ4n) is 3.18. The van der Waals surface area contributed by atoms with Crippen LogP contribution in [0, 0.1) is 10.1 Å². The Bertz CT molecular complexity index is 1010. The van der Waals surface area contributed by atoms with Crippen molar-refractivity contribution in [2.75, 3.05) is 6.61 Å². The molecule has 1 aromatic carbocycles. The van der Waals surface area contributed by atoms with Gasteiger partial charge in [0.2, 0.25) is 0 Å². The predicted molar refractivity (Wildman–Crippen MR) is 135 cm³/mol. The molecule has 10 heteroatoms. The molecule has 0 saturated carbocycles. The minimum absolute atomic E-state index is 0.0428. The number of hydrogen-bond acceptors (Lipinski definition) is 6.